The maximum Gasteiger partial charge on any atom is 0.222 e. The molecule has 0 amide bonds. The summed E-state index contributed by atoms with van der Waals surface area (Å²) in [5.41, 5.74) is 3.72. The second-order valence-corrected chi connectivity index (χ2v) is 8.56. The van der Waals surface area contributed by atoms with Crippen molar-refractivity contribution in [2.75, 3.05) is 0 Å². The van der Waals surface area contributed by atoms with Gasteiger partial charge in [-0.3, -0.25) is 0 Å². The smallest absolute Gasteiger partial charge is 0.206 e. The fourth-order valence-electron chi connectivity index (χ4n) is 4.64. The molecule has 0 atom stereocenters. The van der Waals surface area contributed by atoms with E-state index in [9.17, 15) is 4.39 Å². The lowest BCUT2D eigenvalue weighted by molar-refractivity contribution is -0.659. The minimum absolute atomic E-state index is 0.158. The average Bonchev–Trinajstić information content (AvgIpc) is 2.69. The molecular formula is C25H17FNS+. The Morgan fingerprint density at radius 2 is 1.61 bits per heavy atom. The summed E-state index contributed by atoms with van der Waals surface area (Å²) < 4.78 is 17.0. The Morgan fingerprint density at radius 1 is 0.821 bits per heavy atom. The number of rotatable bonds is 0. The van der Waals surface area contributed by atoms with Crippen LogP contribution in [-0.2, 0) is 7.05 Å². The van der Waals surface area contributed by atoms with Gasteiger partial charge in [0.15, 0.2) is 6.20 Å². The third-order valence-electron chi connectivity index (χ3n) is 5.90. The van der Waals surface area contributed by atoms with Crippen molar-refractivity contribution in [3.8, 4) is 11.3 Å². The monoisotopic (exact) mass is 382 g/mol. The van der Waals surface area contributed by atoms with Crippen LogP contribution in [0.1, 0.15) is 5.56 Å². The molecule has 4 aromatic carbocycles. The fraction of sp³-hybridized carbons (Fsp3) is 0.0800. The molecule has 3 heteroatoms. The summed E-state index contributed by atoms with van der Waals surface area (Å²) in [7, 11) is 2.08. The maximum absolute atomic E-state index is 14.8. The average molecular weight is 382 g/mol. The van der Waals surface area contributed by atoms with E-state index in [2.05, 4.69) is 67.2 Å². The van der Waals surface area contributed by atoms with Crippen LogP contribution in [0.2, 0.25) is 0 Å². The lowest BCUT2D eigenvalue weighted by atomic mass is 9.93. The van der Waals surface area contributed by atoms with Crippen LogP contribution < -0.4 is 4.57 Å². The first-order chi connectivity index (χ1) is 13.6. The number of pyridine rings is 1. The Bertz CT molecular complexity index is 1470. The van der Waals surface area contributed by atoms with Gasteiger partial charge in [-0.2, -0.15) is 0 Å². The van der Waals surface area contributed by atoms with Crippen LogP contribution >= 0.6 is 11.8 Å². The highest BCUT2D eigenvalue weighted by molar-refractivity contribution is 7.99. The molecule has 5 aromatic rings. The van der Waals surface area contributed by atoms with Gasteiger partial charge in [-0.05, 0) is 46.8 Å². The molecule has 0 radical (unpaired) electrons. The topological polar surface area (TPSA) is 3.88 Å². The minimum Gasteiger partial charge on any atom is -0.206 e. The first-order valence-corrected chi connectivity index (χ1v) is 10.2. The van der Waals surface area contributed by atoms with Gasteiger partial charge in [0.1, 0.15) is 12.9 Å². The second-order valence-electron chi connectivity index (χ2n) is 7.47. The van der Waals surface area contributed by atoms with E-state index in [0.717, 1.165) is 16.2 Å². The molecule has 0 spiro atoms. The van der Waals surface area contributed by atoms with Crippen LogP contribution in [0.25, 0.3) is 43.6 Å². The van der Waals surface area contributed by atoms with Crippen molar-refractivity contribution < 1.29 is 8.96 Å². The number of fused-ring (bicyclic) bond motifs is 5. The van der Waals surface area contributed by atoms with E-state index in [4.69, 9.17) is 0 Å². The molecule has 0 saturated heterocycles. The molecule has 0 N–H and O–H groups in total. The zero-order valence-corrected chi connectivity index (χ0v) is 16.4. The van der Waals surface area contributed by atoms with Gasteiger partial charge in [-0.15, -0.1) is 0 Å². The van der Waals surface area contributed by atoms with Crippen LogP contribution in [0, 0.1) is 12.7 Å². The van der Waals surface area contributed by atoms with Crippen LogP contribution in [0.3, 0.4) is 0 Å². The molecule has 1 aromatic heterocycles. The molecule has 2 heterocycles. The number of nitrogens with zero attached hydrogens (tertiary/aromatic N) is 1. The van der Waals surface area contributed by atoms with Gasteiger partial charge in [0.2, 0.25) is 5.69 Å². The van der Waals surface area contributed by atoms with Crippen molar-refractivity contribution in [1.29, 1.82) is 0 Å². The summed E-state index contributed by atoms with van der Waals surface area (Å²) in [5.74, 6) is -0.158. The number of aryl methyl sites for hydroxylation is 2. The van der Waals surface area contributed by atoms with Crippen molar-refractivity contribution in [1.82, 2.24) is 0 Å². The largest absolute Gasteiger partial charge is 0.222 e. The maximum atomic E-state index is 14.8. The summed E-state index contributed by atoms with van der Waals surface area (Å²) in [6, 6.07) is 20.4. The third kappa shape index (κ3) is 2.00. The van der Waals surface area contributed by atoms with Crippen LogP contribution in [0.5, 0.6) is 0 Å². The quantitative estimate of drug-likeness (QED) is 0.213. The zero-order chi connectivity index (χ0) is 19.0. The van der Waals surface area contributed by atoms with Gasteiger partial charge in [-0.25, -0.2) is 8.96 Å². The molecule has 0 unspecified atom stereocenters. The van der Waals surface area contributed by atoms with Crippen molar-refractivity contribution in [2.45, 2.75) is 16.7 Å². The molecule has 1 aliphatic rings. The van der Waals surface area contributed by atoms with E-state index in [1.807, 2.05) is 6.07 Å². The van der Waals surface area contributed by atoms with Crippen molar-refractivity contribution in [3.05, 3.63) is 78.2 Å². The highest BCUT2D eigenvalue weighted by Gasteiger charge is 2.30. The molecule has 28 heavy (non-hydrogen) atoms. The first kappa shape index (κ1) is 16.1. The summed E-state index contributed by atoms with van der Waals surface area (Å²) >= 11 is 1.80. The van der Waals surface area contributed by atoms with Crippen LogP contribution in [0.4, 0.5) is 4.39 Å². The van der Waals surface area contributed by atoms with Crippen molar-refractivity contribution >= 4 is 44.1 Å². The summed E-state index contributed by atoms with van der Waals surface area (Å²) in [6.07, 6.45) is 2.06. The fourth-order valence-corrected chi connectivity index (χ4v) is 5.91. The molecule has 0 bridgehead atoms. The number of aromatic nitrogens is 1. The van der Waals surface area contributed by atoms with E-state index in [1.165, 1.54) is 37.4 Å². The first-order valence-electron chi connectivity index (χ1n) is 9.37. The Labute approximate surface area is 166 Å². The van der Waals surface area contributed by atoms with Gasteiger partial charge in [0, 0.05) is 26.6 Å². The van der Waals surface area contributed by atoms with E-state index in [-0.39, 0.29) is 5.82 Å². The predicted molar refractivity (Wildman–Crippen MR) is 114 cm³/mol. The molecule has 6 rings (SSSR count). The van der Waals surface area contributed by atoms with Gasteiger partial charge in [0.25, 0.3) is 0 Å². The Morgan fingerprint density at radius 3 is 2.50 bits per heavy atom. The summed E-state index contributed by atoms with van der Waals surface area (Å²) in [5, 5.41) is 6.34. The number of hydrogen-bond donors (Lipinski definition) is 0. The molecule has 134 valence electrons. The number of benzene rings is 4. The van der Waals surface area contributed by atoms with E-state index >= 15 is 0 Å². The Hall–Kier alpha value is -2.91. The zero-order valence-electron chi connectivity index (χ0n) is 15.6. The van der Waals surface area contributed by atoms with E-state index in [0.29, 0.717) is 5.39 Å². The molecule has 0 fully saturated rings. The normalized spacial score (nSPS) is 12.7. The SMILES string of the molecule is Cc1c2c(cc3ccccc13)Sc1cc3cccc(F)c3c3cc[n+](C)c-2c13. The van der Waals surface area contributed by atoms with Crippen LogP contribution in [0.15, 0.2) is 76.7 Å². The molecule has 1 nitrogen and oxygen atoms in total. The summed E-state index contributed by atoms with van der Waals surface area (Å²) in [4.78, 5) is 2.46. The van der Waals surface area contributed by atoms with Gasteiger partial charge in [-0.1, -0.05) is 48.2 Å². The third-order valence-corrected chi connectivity index (χ3v) is 6.99. The molecule has 1 aliphatic heterocycles. The second kappa shape index (κ2) is 5.55. The molecule has 0 saturated carbocycles. The molecule has 0 aliphatic carbocycles. The lowest BCUT2D eigenvalue weighted by Crippen LogP contribution is -2.31. The highest BCUT2D eigenvalue weighted by atomic mass is 32.2. The van der Waals surface area contributed by atoms with Gasteiger partial charge >= 0.3 is 0 Å². The standard InChI is InChI=1S/C25H17FNS/c1-14-17-8-4-3-6-15(17)12-20-22(14)25-24-18(10-11-27(25)2)23-16(13-21(24)28-20)7-5-9-19(23)26/h3-13H,1-2H3/q+1. The van der Waals surface area contributed by atoms with E-state index < -0.39 is 0 Å². The van der Waals surface area contributed by atoms with Crippen LogP contribution in [-0.4, -0.2) is 0 Å². The summed E-state index contributed by atoms with van der Waals surface area (Å²) in [6.45, 7) is 2.20. The molecular weight excluding hydrogens is 365 g/mol. The Balaban J connectivity index is 1.86. The Kier molecular flexibility index (Phi) is 3.19. The van der Waals surface area contributed by atoms with Crippen molar-refractivity contribution in [3.63, 3.8) is 0 Å². The highest BCUT2D eigenvalue weighted by Crippen LogP contribution is 2.50. The number of hydrogen-bond acceptors (Lipinski definition) is 1. The lowest BCUT2D eigenvalue weighted by Gasteiger charge is -2.22. The van der Waals surface area contributed by atoms with Crippen molar-refractivity contribution in [2.24, 2.45) is 7.05 Å². The number of halogens is 1. The van der Waals surface area contributed by atoms with E-state index in [1.54, 1.807) is 23.9 Å². The van der Waals surface area contributed by atoms with Gasteiger partial charge in [0.05, 0.1) is 10.9 Å². The van der Waals surface area contributed by atoms with Gasteiger partial charge < -0.3 is 0 Å². The predicted octanol–water partition coefficient (Wildman–Crippen LogP) is 6.55. The minimum atomic E-state index is -0.158.